The van der Waals surface area contributed by atoms with Crippen molar-refractivity contribution in [2.75, 3.05) is 13.3 Å². The Kier molecular flexibility index (Phi) is 11.7. The summed E-state index contributed by atoms with van der Waals surface area (Å²) in [7, 11) is -0.496. The van der Waals surface area contributed by atoms with Crippen LogP contribution in [0.5, 0.6) is 0 Å². The van der Waals surface area contributed by atoms with Crippen molar-refractivity contribution >= 4 is 75.2 Å². The van der Waals surface area contributed by atoms with Crippen LogP contribution in [0.1, 0.15) is 21.5 Å². The van der Waals surface area contributed by atoms with E-state index < -0.39 is 13.2 Å². The summed E-state index contributed by atoms with van der Waals surface area (Å²) in [5.41, 5.74) is 14.2. The number of carbonyl (C=O) groups is 1. The fourth-order valence-electron chi connectivity index (χ4n) is 5.16. The van der Waals surface area contributed by atoms with E-state index in [1.165, 1.54) is 15.9 Å². The molecule has 0 unspecified atom stereocenters. The van der Waals surface area contributed by atoms with Crippen LogP contribution in [0.3, 0.4) is 0 Å². The topological polar surface area (TPSA) is 116 Å². The number of hydrazone groups is 2. The zero-order valence-electron chi connectivity index (χ0n) is 26.2. The van der Waals surface area contributed by atoms with Crippen LogP contribution in [0, 0.1) is 0 Å². The molecule has 240 valence electrons. The number of nitrogens with one attached hydrogen (secondary N) is 4. The first-order valence-electron chi connectivity index (χ1n) is 15.1. The summed E-state index contributed by atoms with van der Waals surface area (Å²) < 4.78 is 0. The summed E-state index contributed by atoms with van der Waals surface area (Å²) in [5, 5.41) is 20.1. The van der Waals surface area contributed by atoms with Gasteiger partial charge in [0.1, 0.15) is 40.9 Å². The van der Waals surface area contributed by atoms with Crippen molar-refractivity contribution in [1.82, 2.24) is 21.5 Å². The smallest absolute Gasteiger partial charge is 0.248 e. The molecule has 0 atom stereocenters. The summed E-state index contributed by atoms with van der Waals surface area (Å²) in [6, 6.07) is 48.1. The number of hydrogen-bond donors (Lipinski definition) is 5. The van der Waals surface area contributed by atoms with Gasteiger partial charge >= 0.3 is 0 Å². The fourth-order valence-corrected chi connectivity index (χ4v) is 9.32. The monoisotopic (exact) mass is 688 g/mol. The lowest BCUT2D eigenvalue weighted by atomic mass is 9.99. The summed E-state index contributed by atoms with van der Waals surface area (Å²) in [4.78, 5) is 11.8. The number of nitrogens with two attached hydrogens (primary N) is 1. The molecule has 0 aliphatic rings. The molecule has 0 saturated carbocycles. The second-order valence-electron chi connectivity index (χ2n) is 10.5. The average molecular weight is 689 g/mol. The maximum Gasteiger partial charge on any atom is 0.248 e. The van der Waals surface area contributed by atoms with E-state index in [4.69, 9.17) is 35.3 Å². The van der Waals surface area contributed by atoms with Gasteiger partial charge in [-0.3, -0.25) is 15.6 Å². The predicted molar refractivity (Wildman–Crippen MR) is 208 cm³/mol. The Morgan fingerprint density at radius 2 is 0.958 bits per heavy atom. The van der Waals surface area contributed by atoms with Gasteiger partial charge < -0.3 is 16.4 Å². The van der Waals surface area contributed by atoms with E-state index in [0.29, 0.717) is 39.1 Å². The molecule has 0 aliphatic carbocycles. The number of hydrogen-bond acceptors (Lipinski definition) is 5. The van der Waals surface area contributed by atoms with Gasteiger partial charge in [-0.15, -0.1) is 0 Å². The van der Waals surface area contributed by atoms with Gasteiger partial charge in [-0.25, -0.2) is 0 Å². The van der Waals surface area contributed by atoms with Gasteiger partial charge in [-0.1, -0.05) is 97.1 Å². The Labute approximate surface area is 291 Å². The molecule has 0 aromatic heterocycles. The van der Waals surface area contributed by atoms with Gasteiger partial charge in [0.25, 0.3) is 0 Å². The van der Waals surface area contributed by atoms with Crippen molar-refractivity contribution in [1.29, 1.82) is 0 Å². The third kappa shape index (κ3) is 8.16. The predicted octanol–water partition coefficient (Wildman–Crippen LogP) is 4.40. The van der Waals surface area contributed by atoms with Crippen LogP contribution in [-0.2, 0) is 0 Å². The number of carbonyl (C=O) groups excluding carboxylic acids is 1. The van der Waals surface area contributed by atoms with Crippen LogP contribution in [0.15, 0.2) is 156 Å². The molecule has 1 amide bonds. The van der Waals surface area contributed by atoms with Gasteiger partial charge in [0.05, 0.1) is 0 Å². The van der Waals surface area contributed by atoms with Crippen LogP contribution in [0.25, 0.3) is 0 Å². The van der Waals surface area contributed by atoms with E-state index in [1.807, 2.05) is 48.5 Å². The average Bonchev–Trinajstić information content (AvgIpc) is 3.14. The summed E-state index contributed by atoms with van der Waals surface area (Å²) >= 11 is 11.2. The Bertz CT molecular complexity index is 1810. The van der Waals surface area contributed by atoms with Gasteiger partial charge in [0, 0.05) is 23.7 Å². The summed E-state index contributed by atoms with van der Waals surface area (Å²) in [6.07, 6.45) is 0.556. The highest BCUT2D eigenvalue weighted by atomic mass is 32.1. The molecule has 48 heavy (non-hydrogen) atoms. The first-order chi connectivity index (χ1) is 23.4. The van der Waals surface area contributed by atoms with Crippen molar-refractivity contribution in [3.63, 3.8) is 0 Å². The van der Waals surface area contributed by atoms with Crippen molar-refractivity contribution in [2.45, 2.75) is 0 Å². The fraction of sp³-hybridized carbons (Fsp3) is 0.0541. The lowest BCUT2D eigenvalue weighted by Gasteiger charge is -2.28. The first-order valence-corrected chi connectivity index (χ1v) is 17.9. The highest BCUT2D eigenvalue weighted by Crippen LogP contribution is 2.54. The van der Waals surface area contributed by atoms with E-state index in [2.05, 4.69) is 99.4 Å². The third-order valence-corrected chi connectivity index (χ3v) is 12.3. The van der Waals surface area contributed by atoms with Crippen LogP contribution in [0.4, 0.5) is 0 Å². The van der Waals surface area contributed by atoms with Crippen LogP contribution >= 0.6 is 31.7 Å². The second-order valence-corrected chi connectivity index (χ2v) is 14.8. The third-order valence-electron chi connectivity index (χ3n) is 7.55. The van der Waals surface area contributed by atoms with Crippen LogP contribution in [-0.4, -0.2) is 40.9 Å². The molecule has 5 aromatic rings. The summed E-state index contributed by atoms with van der Waals surface area (Å²) in [6.45, 7) is 0. The minimum Gasteiger partial charge on any atom is -0.366 e. The van der Waals surface area contributed by atoms with E-state index >= 15 is 0 Å². The van der Waals surface area contributed by atoms with Crippen LogP contribution in [0.2, 0.25) is 0 Å². The molecule has 5 rings (SSSR count). The molecular weight excluding hydrogens is 654 g/mol. The highest BCUT2D eigenvalue weighted by Gasteiger charge is 2.45. The van der Waals surface area contributed by atoms with Gasteiger partial charge in [0.2, 0.25) is 5.91 Å². The Morgan fingerprint density at radius 1 is 0.583 bits per heavy atom. The quantitative estimate of drug-likeness (QED) is 0.0605. The first kappa shape index (κ1) is 34.1. The molecule has 0 radical (unpaired) electrons. The van der Waals surface area contributed by atoms with Gasteiger partial charge in [-0.05, 0) is 73.0 Å². The van der Waals surface area contributed by atoms with Crippen molar-refractivity contribution < 1.29 is 4.79 Å². The maximum atomic E-state index is 11.8. The molecule has 0 bridgehead atoms. The number of amides is 1. The van der Waals surface area contributed by atoms with E-state index in [-0.39, 0.29) is 0 Å². The molecular formula is C37H35N7OPS2+. The molecule has 8 nitrogen and oxygen atoms in total. The van der Waals surface area contributed by atoms with Crippen molar-refractivity contribution in [3.05, 3.63) is 162 Å². The molecule has 0 saturated heterocycles. The largest absolute Gasteiger partial charge is 0.366 e. The van der Waals surface area contributed by atoms with E-state index in [9.17, 15) is 4.79 Å². The molecule has 0 heterocycles. The lowest BCUT2D eigenvalue weighted by Crippen LogP contribution is -2.42. The molecule has 6 N–H and O–H groups in total. The standard InChI is InChI=1S/C37H34N7OPS2/c1-39-36(47)43-41-34(28-22-24-29(25-23-28)35(38)45)33(27-14-6-2-7-15-27)42-44-37(48)40-26-46(30-16-8-3-9-17-30,31-18-10-4-11-19-31)32-20-12-5-13-21-32/h2-25H,26H2,1H3,(H5-,38,39,40,41,42,43,44,45,47,48)/p+1. The van der Waals surface area contributed by atoms with E-state index in [0.717, 1.165) is 5.56 Å². The van der Waals surface area contributed by atoms with Crippen LogP contribution < -0.4 is 43.1 Å². The normalized spacial score (nSPS) is 11.7. The van der Waals surface area contributed by atoms with Gasteiger partial charge in [0.15, 0.2) is 10.2 Å². The van der Waals surface area contributed by atoms with Crippen molar-refractivity contribution in [2.24, 2.45) is 15.9 Å². The number of benzene rings is 5. The Hall–Kier alpha value is -5.28. The second kappa shape index (κ2) is 16.5. The SMILES string of the molecule is CNC(=S)NN=C(C(=NNC(=S)NC[P+](c1ccccc1)(c1ccccc1)c1ccccc1)c1ccccc1)c1ccc(C(N)=O)cc1. The summed E-state index contributed by atoms with van der Waals surface area (Å²) in [5.74, 6) is -0.523. The minimum atomic E-state index is -2.20. The number of nitrogens with zero attached hydrogens (tertiary/aromatic N) is 2. The molecule has 5 aromatic carbocycles. The lowest BCUT2D eigenvalue weighted by molar-refractivity contribution is 0.100. The maximum absolute atomic E-state index is 11.8. The number of thiocarbonyl (C=S) groups is 2. The van der Waals surface area contributed by atoms with Gasteiger partial charge in [-0.2, -0.15) is 10.2 Å². The molecule has 0 spiro atoms. The number of primary amides is 1. The zero-order valence-corrected chi connectivity index (χ0v) is 28.7. The van der Waals surface area contributed by atoms with E-state index in [1.54, 1.807) is 31.3 Å². The number of rotatable bonds is 11. The molecule has 0 aliphatic heterocycles. The van der Waals surface area contributed by atoms with Crippen molar-refractivity contribution in [3.8, 4) is 0 Å². The minimum absolute atomic E-state index is 0.321. The Balaban J connectivity index is 1.52. The molecule has 11 heteroatoms. The Morgan fingerprint density at radius 3 is 1.38 bits per heavy atom. The molecule has 0 fully saturated rings. The zero-order chi connectivity index (χ0) is 33.8. The highest BCUT2D eigenvalue weighted by molar-refractivity contribution is 7.95.